The number of hydrogen-bond donors (Lipinski definition) is 0. The summed E-state index contributed by atoms with van der Waals surface area (Å²) in [5.41, 5.74) is 2.38. The van der Waals surface area contributed by atoms with Crippen LogP contribution in [0.1, 0.15) is 30.0 Å². The standard InChI is InChI=1S/C14H16N2O/c15-10-13(16-6-1-2-7-16)11-3-4-14-12(9-11)5-8-17-14/h3-4,9,13H,1-2,5-8H2. The first kappa shape index (κ1) is 10.6. The zero-order valence-corrected chi connectivity index (χ0v) is 9.85. The van der Waals surface area contributed by atoms with Crippen LogP contribution in [-0.2, 0) is 6.42 Å². The SMILES string of the molecule is N#CC(c1ccc2c(c1)CCO2)N1CCCC1. The van der Waals surface area contributed by atoms with Crippen molar-refractivity contribution in [2.24, 2.45) is 0 Å². The molecule has 0 aliphatic carbocycles. The van der Waals surface area contributed by atoms with Crippen LogP contribution in [0.4, 0.5) is 0 Å². The number of hydrogen-bond acceptors (Lipinski definition) is 3. The number of nitrogens with zero attached hydrogens (tertiary/aromatic N) is 2. The summed E-state index contributed by atoms with van der Waals surface area (Å²) in [6, 6.07) is 8.55. The summed E-state index contributed by atoms with van der Waals surface area (Å²) in [7, 11) is 0. The van der Waals surface area contributed by atoms with E-state index in [4.69, 9.17) is 4.74 Å². The Balaban J connectivity index is 1.89. The average molecular weight is 228 g/mol. The van der Waals surface area contributed by atoms with E-state index in [1.807, 2.05) is 12.1 Å². The van der Waals surface area contributed by atoms with Crippen LogP contribution in [0.2, 0.25) is 0 Å². The third kappa shape index (κ3) is 1.89. The third-order valence-corrected chi connectivity index (χ3v) is 3.66. The summed E-state index contributed by atoms with van der Waals surface area (Å²) in [5, 5.41) is 9.37. The molecule has 3 rings (SSSR count). The third-order valence-electron chi connectivity index (χ3n) is 3.66. The van der Waals surface area contributed by atoms with E-state index in [9.17, 15) is 5.26 Å². The molecule has 0 amide bonds. The number of benzene rings is 1. The van der Waals surface area contributed by atoms with Gasteiger partial charge in [0.2, 0.25) is 0 Å². The molecule has 0 bridgehead atoms. The molecule has 0 N–H and O–H groups in total. The lowest BCUT2D eigenvalue weighted by Crippen LogP contribution is -2.24. The van der Waals surface area contributed by atoms with Crippen molar-refractivity contribution in [3.63, 3.8) is 0 Å². The second kappa shape index (κ2) is 4.38. The highest BCUT2D eigenvalue weighted by Gasteiger charge is 2.24. The average Bonchev–Trinajstić information content (AvgIpc) is 2.99. The number of ether oxygens (including phenoxy) is 1. The van der Waals surface area contributed by atoms with Crippen molar-refractivity contribution in [2.45, 2.75) is 25.3 Å². The smallest absolute Gasteiger partial charge is 0.123 e. The molecule has 1 unspecified atom stereocenters. The Morgan fingerprint density at radius 2 is 2.12 bits per heavy atom. The van der Waals surface area contributed by atoms with Gasteiger partial charge in [-0.3, -0.25) is 4.90 Å². The lowest BCUT2D eigenvalue weighted by atomic mass is 10.0. The molecule has 3 nitrogen and oxygen atoms in total. The topological polar surface area (TPSA) is 36.3 Å². The summed E-state index contributed by atoms with van der Waals surface area (Å²) in [6.45, 7) is 2.87. The van der Waals surface area contributed by atoms with Gasteiger partial charge < -0.3 is 4.74 Å². The van der Waals surface area contributed by atoms with Gasteiger partial charge in [-0.25, -0.2) is 0 Å². The summed E-state index contributed by atoms with van der Waals surface area (Å²) >= 11 is 0. The minimum atomic E-state index is -0.0802. The van der Waals surface area contributed by atoms with Gasteiger partial charge in [0, 0.05) is 6.42 Å². The number of likely N-dealkylation sites (tertiary alicyclic amines) is 1. The second-order valence-corrected chi connectivity index (χ2v) is 4.74. The number of nitriles is 1. The largest absolute Gasteiger partial charge is 0.493 e. The van der Waals surface area contributed by atoms with Crippen LogP contribution in [0.3, 0.4) is 0 Å². The maximum Gasteiger partial charge on any atom is 0.123 e. The van der Waals surface area contributed by atoms with Gasteiger partial charge in [0.1, 0.15) is 11.8 Å². The van der Waals surface area contributed by atoms with Crippen LogP contribution in [0, 0.1) is 11.3 Å². The van der Waals surface area contributed by atoms with E-state index in [0.717, 1.165) is 37.4 Å². The van der Waals surface area contributed by atoms with Gasteiger partial charge in [-0.15, -0.1) is 0 Å². The monoisotopic (exact) mass is 228 g/mol. The summed E-state index contributed by atoms with van der Waals surface area (Å²) in [4.78, 5) is 2.28. The Hall–Kier alpha value is -1.53. The van der Waals surface area contributed by atoms with Gasteiger partial charge in [0.05, 0.1) is 12.7 Å². The quantitative estimate of drug-likeness (QED) is 0.779. The molecule has 88 valence electrons. The fourth-order valence-electron chi connectivity index (χ4n) is 2.74. The van der Waals surface area contributed by atoms with Crippen molar-refractivity contribution in [3.05, 3.63) is 29.3 Å². The van der Waals surface area contributed by atoms with Crippen LogP contribution in [0.25, 0.3) is 0 Å². The summed E-state index contributed by atoms with van der Waals surface area (Å²) < 4.78 is 5.50. The zero-order chi connectivity index (χ0) is 11.7. The Morgan fingerprint density at radius 1 is 1.29 bits per heavy atom. The van der Waals surface area contributed by atoms with Gasteiger partial charge in [0.15, 0.2) is 0 Å². The lowest BCUT2D eigenvalue weighted by Gasteiger charge is -2.21. The fraction of sp³-hybridized carbons (Fsp3) is 0.500. The van der Waals surface area contributed by atoms with Crippen LogP contribution in [0.5, 0.6) is 5.75 Å². The van der Waals surface area contributed by atoms with E-state index in [2.05, 4.69) is 17.0 Å². The van der Waals surface area contributed by atoms with Crippen molar-refractivity contribution >= 4 is 0 Å². The summed E-state index contributed by atoms with van der Waals surface area (Å²) in [5.74, 6) is 0.992. The van der Waals surface area contributed by atoms with E-state index >= 15 is 0 Å². The molecule has 2 aliphatic rings. The van der Waals surface area contributed by atoms with Gasteiger partial charge in [-0.05, 0) is 49.2 Å². The molecule has 0 radical (unpaired) electrons. The van der Waals surface area contributed by atoms with Crippen LogP contribution >= 0.6 is 0 Å². The van der Waals surface area contributed by atoms with Gasteiger partial charge >= 0.3 is 0 Å². The van der Waals surface area contributed by atoms with Gasteiger partial charge in [0.25, 0.3) is 0 Å². The number of rotatable bonds is 2. The van der Waals surface area contributed by atoms with E-state index in [1.54, 1.807) is 0 Å². The Kier molecular flexibility index (Phi) is 2.74. The molecule has 0 saturated carbocycles. The molecular weight excluding hydrogens is 212 g/mol. The normalized spacial score (nSPS) is 20.6. The molecule has 2 heterocycles. The molecule has 1 fully saturated rings. The molecule has 2 aliphatic heterocycles. The maximum absolute atomic E-state index is 9.37. The molecule has 0 spiro atoms. The molecule has 17 heavy (non-hydrogen) atoms. The van der Waals surface area contributed by atoms with E-state index in [-0.39, 0.29) is 6.04 Å². The minimum Gasteiger partial charge on any atom is -0.493 e. The predicted octanol–water partition coefficient (Wildman–Crippen LogP) is 2.28. The van der Waals surface area contributed by atoms with Crippen molar-refractivity contribution in [3.8, 4) is 11.8 Å². The molecule has 1 aromatic carbocycles. The highest BCUT2D eigenvalue weighted by Crippen LogP contribution is 2.31. The van der Waals surface area contributed by atoms with E-state index in [1.165, 1.54) is 18.4 Å². The number of fused-ring (bicyclic) bond motifs is 1. The van der Waals surface area contributed by atoms with Crippen molar-refractivity contribution in [1.82, 2.24) is 4.90 Å². The first-order valence-electron chi connectivity index (χ1n) is 6.28. The molecule has 1 atom stereocenters. The Morgan fingerprint density at radius 3 is 2.88 bits per heavy atom. The van der Waals surface area contributed by atoms with E-state index < -0.39 is 0 Å². The van der Waals surface area contributed by atoms with Crippen molar-refractivity contribution in [1.29, 1.82) is 5.26 Å². The van der Waals surface area contributed by atoms with Crippen LogP contribution < -0.4 is 4.74 Å². The second-order valence-electron chi connectivity index (χ2n) is 4.74. The molecular formula is C14H16N2O. The first-order valence-corrected chi connectivity index (χ1v) is 6.28. The molecule has 0 aromatic heterocycles. The minimum absolute atomic E-state index is 0.0802. The summed E-state index contributed by atoms with van der Waals surface area (Å²) in [6.07, 6.45) is 3.40. The van der Waals surface area contributed by atoms with Crippen LogP contribution in [-0.4, -0.2) is 24.6 Å². The first-order chi connectivity index (χ1) is 8.38. The van der Waals surface area contributed by atoms with E-state index in [0.29, 0.717) is 0 Å². The van der Waals surface area contributed by atoms with Crippen molar-refractivity contribution < 1.29 is 4.74 Å². The maximum atomic E-state index is 9.37. The molecule has 3 heteroatoms. The molecule has 1 aromatic rings. The fourth-order valence-corrected chi connectivity index (χ4v) is 2.74. The zero-order valence-electron chi connectivity index (χ0n) is 9.85. The lowest BCUT2D eigenvalue weighted by molar-refractivity contribution is 0.294. The Labute approximate surface area is 102 Å². The highest BCUT2D eigenvalue weighted by molar-refractivity contribution is 5.42. The highest BCUT2D eigenvalue weighted by atomic mass is 16.5. The van der Waals surface area contributed by atoms with Crippen LogP contribution in [0.15, 0.2) is 18.2 Å². The van der Waals surface area contributed by atoms with Gasteiger partial charge in [-0.2, -0.15) is 5.26 Å². The molecule has 1 saturated heterocycles. The van der Waals surface area contributed by atoms with Crippen molar-refractivity contribution in [2.75, 3.05) is 19.7 Å². The van der Waals surface area contributed by atoms with Gasteiger partial charge in [-0.1, -0.05) is 6.07 Å². The Bertz CT molecular complexity index is 458. The predicted molar refractivity (Wildman–Crippen MR) is 64.8 cm³/mol.